The minimum Gasteiger partial charge on any atom is -0.491 e. The lowest BCUT2D eigenvalue weighted by Crippen LogP contribution is -2.13. The van der Waals surface area contributed by atoms with Crippen LogP contribution in [0.5, 0.6) is 5.75 Å². The van der Waals surface area contributed by atoms with Crippen molar-refractivity contribution in [2.45, 2.75) is 11.3 Å². The standard InChI is InChI=1S/C17H18N2O3S/c18-11-5-13-22-16-9-4-6-14-10-12-19(17(14)16)23(20,21)15-7-2-1-3-8-15/h1-4,6-10,12H,5,11,13,18H2. The smallest absolute Gasteiger partial charge is 0.268 e. The molecule has 2 N–H and O–H groups in total. The highest BCUT2D eigenvalue weighted by molar-refractivity contribution is 7.90. The first-order chi connectivity index (χ1) is 11.1. The van der Waals surface area contributed by atoms with E-state index in [1.165, 1.54) is 3.97 Å². The molecule has 5 nitrogen and oxygen atoms in total. The lowest BCUT2D eigenvalue weighted by Gasteiger charge is -2.12. The molecule has 0 unspecified atom stereocenters. The van der Waals surface area contributed by atoms with E-state index >= 15 is 0 Å². The Balaban J connectivity index is 2.11. The quantitative estimate of drug-likeness (QED) is 0.705. The molecule has 3 rings (SSSR count). The van der Waals surface area contributed by atoms with Gasteiger partial charge >= 0.3 is 0 Å². The molecule has 0 amide bonds. The summed E-state index contributed by atoms with van der Waals surface area (Å²) in [5, 5.41) is 0.815. The Hall–Kier alpha value is -2.31. The van der Waals surface area contributed by atoms with Gasteiger partial charge in [0.25, 0.3) is 10.0 Å². The maximum Gasteiger partial charge on any atom is 0.268 e. The van der Waals surface area contributed by atoms with Gasteiger partial charge in [0.1, 0.15) is 11.3 Å². The Morgan fingerprint density at radius 2 is 1.78 bits per heavy atom. The van der Waals surface area contributed by atoms with E-state index in [4.69, 9.17) is 10.5 Å². The number of hydrogen-bond donors (Lipinski definition) is 1. The first-order valence-electron chi connectivity index (χ1n) is 7.38. The van der Waals surface area contributed by atoms with Gasteiger partial charge in [-0.1, -0.05) is 30.3 Å². The summed E-state index contributed by atoms with van der Waals surface area (Å²) in [6.45, 7) is 0.978. The van der Waals surface area contributed by atoms with E-state index in [1.54, 1.807) is 48.7 Å². The zero-order valence-corrected chi connectivity index (χ0v) is 13.4. The molecule has 3 aromatic rings. The minimum absolute atomic E-state index is 0.245. The van der Waals surface area contributed by atoms with Gasteiger partial charge in [0.05, 0.1) is 11.5 Å². The fraction of sp³-hybridized carbons (Fsp3) is 0.176. The predicted octanol–water partition coefficient (Wildman–Crippen LogP) is 2.61. The van der Waals surface area contributed by atoms with Crippen molar-refractivity contribution >= 4 is 20.9 Å². The number of rotatable bonds is 6. The van der Waals surface area contributed by atoms with Crippen molar-refractivity contribution in [3.63, 3.8) is 0 Å². The van der Waals surface area contributed by atoms with Gasteiger partial charge in [0, 0.05) is 11.6 Å². The number of fused-ring (bicyclic) bond motifs is 1. The van der Waals surface area contributed by atoms with Crippen molar-refractivity contribution in [2.24, 2.45) is 5.73 Å². The molecule has 0 aliphatic rings. The largest absolute Gasteiger partial charge is 0.491 e. The molecule has 0 fully saturated rings. The zero-order valence-electron chi connectivity index (χ0n) is 12.6. The SMILES string of the molecule is NCCCOc1cccc2ccn(S(=O)(=O)c3ccccc3)c12. The molecule has 0 aliphatic heterocycles. The van der Waals surface area contributed by atoms with Gasteiger partial charge in [-0.2, -0.15) is 0 Å². The van der Waals surface area contributed by atoms with Crippen LogP contribution in [0.1, 0.15) is 6.42 Å². The molecule has 23 heavy (non-hydrogen) atoms. The highest BCUT2D eigenvalue weighted by Crippen LogP contribution is 2.30. The third-order valence-electron chi connectivity index (χ3n) is 3.55. The zero-order chi connectivity index (χ0) is 16.3. The fourth-order valence-electron chi connectivity index (χ4n) is 2.42. The molecule has 120 valence electrons. The molecular formula is C17H18N2O3S. The second kappa shape index (κ2) is 6.44. The van der Waals surface area contributed by atoms with Crippen molar-refractivity contribution in [1.29, 1.82) is 0 Å². The van der Waals surface area contributed by atoms with Gasteiger partial charge < -0.3 is 10.5 Å². The summed E-state index contributed by atoms with van der Waals surface area (Å²) in [6.07, 6.45) is 2.27. The van der Waals surface area contributed by atoms with Crippen LogP contribution in [0.4, 0.5) is 0 Å². The topological polar surface area (TPSA) is 74.3 Å². The first kappa shape index (κ1) is 15.6. The Morgan fingerprint density at radius 1 is 1.00 bits per heavy atom. The third kappa shape index (κ3) is 2.95. The number of nitrogens with two attached hydrogens (primary N) is 1. The molecule has 0 saturated carbocycles. The molecule has 0 saturated heterocycles. The molecule has 0 atom stereocenters. The highest BCUT2D eigenvalue weighted by Gasteiger charge is 2.20. The number of ether oxygens (including phenoxy) is 1. The normalized spacial score (nSPS) is 11.7. The third-order valence-corrected chi connectivity index (χ3v) is 5.24. The summed E-state index contributed by atoms with van der Waals surface area (Å²) in [4.78, 5) is 0.245. The molecule has 0 bridgehead atoms. The van der Waals surface area contributed by atoms with Crippen LogP contribution in [0.15, 0.2) is 65.7 Å². The minimum atomic E-state index is -3.66. The Morgan fingerprint density at radius 3 is 2.52 bits per heavy atom. The van der Waals surface area contributed by atoms with Crippen molar-refractivity contribution in [3.8, 4) is 5.75 Å². The average molecular weight is 330 g/mol. The molecule has 1 aromatic heterocycles. The van der Waals surface area contributed by atoms with Crippen LogP contribution < -0.4 is 10.5 Å². The summed E-state index contributed by atoms with van der Waals surface area (Å²) < 4.78 is 32.8. The van der Waals surface area contributed by atoms with E-state index in [-0.39, 0.29) is 4.90 Å². The number of nitrogens with zero attached hydrogens (tertiary/aromatic N) is 1. The van der Waals surface area contributed by atoms with Gasteiger partial charge in [0.2, 0.25) is 0 Å². The lowest BCUT2D eigenvalue weighted by molar-refractivity contribution is 0.316. The van der Waals surface area contributed by atoms with Crippen LogP contribution in [0.2, 0.25) is 0 Å². The second-order valence-corrected chi connectivity index (χ2v) is 6.93. The Kier molecular flexibility index (Phi) is 4.36. The van der Waals surface area contributed by atoms with E-state index < -0.39 is 10.0 Å². The maximum atomic E-state index is 12.9. The van der Waals surface area contributed by atoms with E-state index in [0.29, 0.717) is 30.8 Å². The van der Waals surface area contributed by atoms with Crippen molar-refractivity contribution < 1.29 is 13.2 Å². The van der Waals surface area contributed by atoms with Crippen LogP contribution in [0, 0.1) is 0 Å². The number of aromatic nitrogens is 1. The van der Waals surface area contributed by atoms with Crippen LogP contribution in [-0.2, 0) is 10.0 Å². The molecule has 1 heterocycles. The van der Waals surface area contributed by atoms with Crippen LogP contribution in [0.25, 0.3) is 10.9 Å². The summed E-state index contributed by atoms with van der Waals surface area (Å²) >= 11 is 0. The van der Waals surface area contributed by atoms with Crippen molar-refractivity contribution in [2.75, 3.05) is 13.2 Å². The highest BCUT2D eigenvalue weighted by atomic mass is 32.2. The second-order valence-electron chi connectivity index (χ2n) is 5.11. The number of hydrogen-bond acceptors (Lipinski definition) is 4. The Labute approximate surface area is 135 Å². The van der Waals surface area contributed by atoms with Crippen molar-refractivity contribution in [3.05, 3.63) is 60.8 Å². The van der Waals surface area contributed by atoms with Crippen LogP contribution in [-0.4, -0.2) is 25.5 Å². The molecular weight excluding hydrogens is 312 g/mol. The van der Waals surface area contributed by atoms with Crippen molar-refractivity contribution in [1.82, 2.24) is 3.97 Å². The number of para-hydroxylation sites is 1. The van der Waals surface area contributed by atoms with E-state index in [9.17, 15) is 8.42 Å². The molecule has 6 heteroatoms. The van der Waals surface area contributed by atoms with Gasteiger partial charge in [-0.3, -0.25) is 0 Å². The molecule has 0 radical (unpaired) electrons. The molecule has 0 aliphatic carbocycles. The van der Waals surface area contributed by atoms with Gasteiger partial charge in [-0.15, -0.1) is 0 Å². The van der Waals surface area contributed by atoms with Crippen LogP contribution in [0.3, 0.4) is 0 Å². The fourth-order valence-corrected chi connectivity index (χ4v) is 3.81. The summed E-state index contributed by atoms with van der Waals surface area (Å²) in [5.74, 6) is 0.542. The van der Waals surface area contributed by atoms with Gasteiger partial charge in [-0.05, 0) is 37.2 Å². The average Bonchev–Trinajstić information content (AvgIpc) is 3.02. The predicted molar refractivity (Wildman–Crippen MR) is 90.1 cm³/mol. The summed E-state index contributed by atoms with van der Waals surface area (Å²) in [6, 6.07) is 15.6. The summed E-state index contributed by atoms with van der Waals surface area (Å²) in [5.41, 5.74) is 6.03. The van der Waals surface area contributed by atoms with E-state index in [0.717, 1.165) is 5.39 Å². The van der Waals surface area contributed by atoms with E-state index in [2.05, 4.69) is 0 Å². The monoisotopic (exact) mass is 330 g/mol. The number of benzene rings is 2. The van der Waals surface area contributed by atoms with Gasteiger partial charge in [-0.25, -0.2) is 12.4 Å². The molecule has 2 aromatic carbocycles. The maximum absolute atomic E-state index is 12.9. The summed E-state index contributed by atoms with van der Waals surface area (Å²) in [7, 11) is -3.66. The van der Waals surface area contributed by atoms with Crippen LogP contribution >= 0.6 is 0 Å². The van der Waals surface area contributed by atoms with Gasteiger partial charge in [0.15, 0.2) is 0 Å². The molecule has 0 spiro atoms. The Bertz CT molecular complexity index is 902. The van der Waals surface area contributed by atoms with E-state index in [1.807, 2.05) is 12.1 Å². The lowest BCUT2D eigenvalue weighted by atomic mass is 10.2. The first-order valence-corrected chi connectivity index (χ1v) is 8.82.